The minimum atomic E-state index is -0.369. The molecular weight excluding hydrogens is 480 g/mol. The zero-order valence-electron chi connectivity index (χ0n) is 20.9. The third kappa shape index (κ3) is 6.29. The van der Waals surface area contributed by atoms with Crippen molar-refractivity contribution in [2.24, 2.45) is 5.92 Å². The van der Waals surface area contributed by atoms with Gasteiger partial charge in [-0.15, -0.1) is 11.3 Å². The topological polar surface area (TPSA) is 109 Å². The van der Waals surface area contributed by atoms with Crippen LogP contribution in [0.25, 0.3) is 0 Å². The average molecular weight is 515 g/mol. The van der Waals surface area contributed by atoms with Crippen molar-refractivity contribution in [2.75, 3.05) is 44.0 Å². The molecule has 9 nitrogen and oxygen atoms in total. The smallest absolute Gasteiger partial charge is 0.341 e. The summed E-state index contributed by atoms with van der Waals surface area (Å²) in [5.41, 5.74) is 2.24. The van der Waals surface area contributed by atoms with E-state index < -0.39 is 0 Å². The monoisotopic (exact) mass is 514 g/mol. The molecule has 0 unspecified atom stereocenters. The van der Waals surface area contributed by atoms with Crippen LogP contribution in [0, 0.1) is 5.92 Å². The van der Waals surface area contributed by atoms with Crippen molar-refractivity contribution in [2.45, 2.75) is 45.4 Å². The molecule has 36 heavy (non-hydrogen) atoms. The molecule has 0 radical (unpaired) electrons. The highest BCUT2D eigenvalue weighted by molar-refractivity contribution is 7.17. The number of rotatable bonds is 7. The number of amides is 4. The number of methoxy groups -OCH3 is 1. The zero-order valence-corrected chi connectivity index (χ0v) is 21.7. The largest absolute Gasteiger partial charge is 0.497 e. The molecule has 4 rings (SSSR count). The van der Waals surface area contributed by atoms with Gasteiger partial charge in [0.25, 0.3) is 0 Å². The van der Waals surface area contributed by atoms with Gasteiger partial charge in [0.05, 0.1) is 19.3 Å². The van der Waals surface area contributed by atoms with E-state index in [1.54, 1.807) is 25.0 Å². The van der Waals surface area contributed by atoms with Gasteiger partial charge in [0.1, 0.15) is 10.8 Å². The highest BCUT2D eigenvalue weighted by Gasteiger charge is 2.28. The van der Waals surface area contributed by atoms with Crippen LogP contribution in [0.15, 0.2) is 24.3 Å². The Bertz CT molecular complexity index is 1090. The van der Waals surface area contributed by atoms with Gasteiger partial charge in [0.15, 0.2) is 0 Å². The molecule has 0 atom stereocenters. The van der Waals surface area contributed by atoms with Crippen molar-refractivity contribution in [3.05, 3.63) is 40.3 Å². The molecular formula is C26H34N4O5S. The van der Waals surface area contributed by atoms with Crippen LogP contribution >= 0.6 is 11.3 Å². The van der Waals surface area contributed by atoms with E-state index in [1.807, 2.05) is 18.2 Å². The van der Waals surface area contributed by atoms with Gasteiger partial charge in [-0.05, 0) is 69.1 Å². The van der Waals surface area contributed by atoms with E-state index in [0.717, 1.165) is 44.1 Å². The number of hydrogen-bond donors (Lipinski definition) is 3. The molecule has 2 heterocycles. The quantitative estimate of drug-likeness (QED) is 0.457. The molecule has 10 heteroatoms. The van der Waals surface area contributed by atoms with Gasteiger partial charge in [-0.1, -0.05) is 6.07 Å². The second-order valence-corrected chi connectivity index (χ2v) is 10.2. The number of urea groups is 2. The Morgan fingerprint density at radius 1 is 1.11 bits per heavy atom. The number of thiophene rings is 1. The molecule has 194 valence electrons. The minimum absolute atomic E-state index is 0.138. The molecule has 1 aromatic carbocycles. The van der Waals surface area contributed by atoms with Crippen molar-refractivity contribution >= 4 is 40.1 Å². The number of ether oxygens (including phenoxy) is 2. The Morgan fingerprint density at radius 2 is 1.89 bits per heavy atom. The Morgan fingerprint density at radius 3 is 2.64 bits per heavy atom. The second-order valence-electron chi connectivity index (χ2n) is 9.06. The van der Waals surface area contributed by atoms with E-state index in [2.05, 4.69) is 16.0 Å². The summed E-state index contributed by atoms with van der Waals surface area (Å²) in [5.74, 6) is 0.595. The molecule has 4 amide bonds. The molecule has 3 N–H and O–H groups in total. The first kappa shape index (κ1) is 25.8. The van der Waals surface area contributed by atoms with Crippen LogP contribution in [0.4, 0.5) is 20.3 Å². The SMILES string of the molecule is CCOC(=O)c1c(NC(=O)NCC2CCN(C(=O)Nc3cccc(OC)c3)CC2)sc2c1CCCC2. The number of esters is 1. The van der Waals surface area contributed by atoms with Crippen molar-refractivity contribution in [3.63, 3.8) is 0 Å². The number of piperidine rings is 1. The lowest BCUT2D eigenvalue weighted by molar-refractivity contribution is 0.0526. The first-order valence-electron chi connectivity index (χ1n) is 12.5. The minimum Gasteiger partial charge on any atom is -0.497 e. The lowest BCUT2D eigenvalue weighted by Gasteiger charge is -2.32. The van der Waals surface area contributed by atoms with E-state index >= 15 is 0 Å². The Kier molecular flexibility index (Phi) is 8.69. The van der Waals surface area contributed by atoms with Crippen LogP contribution in [-0.2, 0) is 17.6 Å². The average Bonchev–Trinajstić information content (AvgIpc) is 3.25. The lowest BCUT2D eigenvalue weighted by Crippen LogP contribution is -2.43. The van der Waals surface area contributed by atoms with Crippen LogP contribution in [-0.4, -0.2) is 56.3 Å². The Hall–Kier alpha value is -3.27. The summed E-state index contributed by atoms with van der Waals surface area (Å²) in [5, 5.41) is 9.33. The predicted molar refractivity (Wildman–Crippen MR) is 140 cm³/mol. The number of fused-ring (bicyclic) bond motifs is 1. The molecule has 1 aliphatic carbocycles. The molecule has 0 bridgehead atoms. The number of anilines is 2. The molecule has 1 aliphatic heterocycles. The van der Waals surface area contributed by atoms with Gasteiger partial charge < -0.3 is 25.0 Å². The van der Waals surface area contributed by atoms with Gasteiger partial charge >= 0.3 is 18.0 Å². The molecule has 1 aromatic heterocycles. The van der Waals surface area contributed by atoms with Crippen molar-refractivity contribution in [1.82, 2.24) is 10.2 Å². The van der Waals surface area contributed by atoms with Gasteiger partial charge in [-0.3, -0.25) is 5.32 Å². The number of carbonyl (C=O) groups excluding carboxylic acids is 3. The van der Waals surface area contributed by atoms with Crippen LogP contribution < -0.4 is 20.7 Å². The lowest BCUT2D eigenvalue weighted by atomic mass is 9.95. The fourth-order valence-corrected chi connectivity index (χ4v) is 5.97. The van der Waals surface area contributed by atoms with Crippen molar-refractivity contribution in [3.8, 4) is 5.75 Å². The molecule has 0 saturated carbocycles. The van der Waals surface area contributed by atoms with E-state index in [4.69, 9.17) is 9.47 Å². The molecule has 1 saturated heterocycles. The first-order chi connectivity index (χ1) is 17.5. The number of nitrogens with zero attached hydrogens (tertiary/aromatic N) is 1. The van der Waals surface area contributed by atoms with Crippen LogP contribution in [0.3, 0.4) is 0 Å². The third-order valence-corrected chi connectivity index (χ3v) is 7.86. The summed E-state index contributed by atoms with van der Waals surface area (Å²) in [6, 6.07) is 6.81. The highest BCUT2D eigenvalue weighted by Crippen LogP contribution is 2.38. The fraction of sp³-hybridized carbons (Fsp3) is 0.500. The maximum absolute atomic E-state index is 12.7. The van der Waals surface area contributed by atoms with Crippen LogP contribution in [0.1, 0.15) is 53.4 Å². The first-order valence-corrected chi connectivity index (χ1v) is 13.4. The normalized spacial score (nSPS) is 15.6. The highest BCUT2D eigenvalue weighted by atomic mass is 32.1. The van der Waals surface area contributed by atoms with E-state index in [-0.39, 0.29) is 23.9 Å². The molecule has 2 aliphatic rings. The predicted octanol–water partition coefficient (Wildman–Crippen LogP) is 4.88. The number of nitrogens with one attached hydrogen (secondary N) is 3. The maximum Gasteiger partial charge on any atom is 0.341 e. The molecule has 1 fully saturated rings. The standard InChI is InChI=1S/C26H34N4O5S/c1-3-35-24(31)22-20-9-4-5-10-21(20)36-23(22)29-25(32)27-16-17-11-13-30(14-12-17)26(33)28-18-7-6-8-19(15-18)34-2/h6-8,15,17H,3-5,9-14,16H2,1-2H3,(H,28,33)(H2,27,29,32). The van der Waals surface area contributed by atoms with E-state index in [0.29, 0.717) is 48.2 Å². The number of hydrogen-bond acceptors (Lipinski definition) is 6. The van der Waals surface area contributed by atoms with Crippen LogP contribution in [0.5, 0.6) is 5.75 Å². The maximum atomic E-state index is 12.7. The van der Waals surface area contributed by atoms with Gasteiger partial charge in [0, 0.05) is 36.3 Å². The van der Waals surface area contributed by atoms with E-state index in [1.165, 1.54) is 16.2 Å². The summed E-state index contributed by atoms with van der Waals surface area (Å²) >= 11 is 1.48. The number of aryl methyl sites for hydroxylation is 1. The summed E-state index contributed by atoms with van der Waals surface area (Å²) in [6.45, 7) is 3.83. The van der Waals surface area contributed by atoms with Crippen molar-refractivity contribution < 1.29 is 23.9 Å². The van der Waals surface area contributed by atoms with Crippen molar-refractivity contribution in [1.29, 1.82) is 0 Å². The van der Waals surface area contributed by atoms with E-state index in [9.17, 15) is 14.4 Å². The number of likely N-dealkylation sites (tertiary alicyclic amines) is 1. The van der Waals surface area contributed by atoms with Gasteiger partial charge in [0.2, 0.25) is 0 Å². The second kappa shape index (κ2) is 12.1. The third-order valence-electron chi connectivity index (χ3n) is 6.65. The summed E-state index contributed by atoms with van der Waals surface area (Å²) in [7, 11) is 1.59. The summed E-state index contributed by atoms with van der Waals surface area (Å²) in [4.78, 5) is 40.8. The Labute approximate surface area is 215 Å². The van der Waals surface area contributed by atoms with Gasteiger partial charge in [-0.2, -0.15) is 0 Å². The number of benzene rings is 1. The number of carbonyl (C=O) groups is 3. The summed E-state index contributed by atoms with van der Waals surface area (Å²) in [6.07, 6.45) is 5.50. The van der Waals surface area contributed by atoms with Gasteiger partial charge in [-0.25, -0.2) is 14.4 Å². The zero-order chi connectivity index (χ0) is 25.5. The Balaban J connectivity index is 1.25. The van der Waals surface area contributed by atoms with Crippen LogP contribution in [0.2, 0.25) is 0 Å². The molecule has 2 aromatic rings. The fourth-order valence-electron chi connectivity index (χ4n) is 4.70. The molecule has 0 spiro atoms. The summed E-state index contributed by atoms with van der Waals surface area (Å²) < 4.78 is 10.5.